The number of rotatable bonds is 69. The van der Waals surface area contributed by atoms with Gasteiger partial charge in [0.2, 0.25) is 5.91 Å². The lowest BCUT2D eigenvalue weighted by atomic mass is 10.0. The monoisotopic (exact) mass is 1240 g/mol. The predicted molar refractivity (Wildman–Crippen MR) is 383 cm³/mol. The minimum absolute atomic E-state index is 0.0615. The van der Waals surface area contributed by atoms with Crippen molar-refractivity contribution in [2.75, 3.05) is 40.9 Å². The minimum atomic E-state index is -4.36. The van der Waals surface area contributed by atoms with Crippen molar-refractivity contribution in [1.29, 1.82) is 0 Å². The van der Waals surface area contributed by atoms with Crippen molar-refractivity contribution in [3.05, 3.63) is 85.1 Å². The largest absolute Gasteiger partial charge is 0.472 e. The van der Waals surface area contributed by atoms with Crippen molar-refractivity contribution in [3.8, 4) is 0 Å². The van der Waals surface area contributed by atoms with Gasteiger partial charge in [0.05, 0.1) is 39.9 Å². The molecular weight excluding hydrogens is 1090 g/mol. The van der Waals surface area contributed by atoms with Gasteiger partial charge in [0.15, 0.2) is 0 Å². The van der Waals surface area contributed by atoms with E-state index in [2.05, 4.69) is 92.1 Å². The summed E-state index contributed by atoms with van der Waals surface area (Å²) >= 11 is 0. The van der Waals surface area contributed by atoms with E-state index < -0.39 is 20.0 Å². The highest BCUT2D eigenvalue weighted by molar-refractivity contribution is 7.47. The van der Waals surface area contributed by atoms with E-state index in [1.807, 2.05) is 27.2 Å². The quantitative estimate of drug-likeness (QED) is 0.0243. The maximum absolute atomic E-state index is 13.1. The van der Waals surface area contributed by atoms with Gasteiger partial charge in [-0.1, -0.05) is 362 Å². The lowest BCUT2D eigenvalue weighted by Gasteiger charge is -2.25. The third kappa shape index (κ3) is 71.0. The van der Waals surface area contributed by atoms with Gasteiger partial charge in [-0.3, -0.25) is 13.8 Å². The van der Waals surface area contributed by atoms with Gasteiger partial charge in [-0.15, -0.1) is 0 Å². The maximum atomic E-state index is 13.1. The molecule has 9 heteroatoms. The van der Waals surface area contributed by atoms with Gasteiger partial charge in [0.25, 0.3) is 0 Å². The highest BCUT2D eigenvalue weighted by atomic mass is 31.2. The average molecular weight is 1240 g/mol. The number of phosphoric ester groups is 1. The summed E-state index contributed by atoms with van der Waals surface area (Å²) in [5.41, 5.74) is 0. The van der Waals surface area contributed by atoms with Crippen LogP contribution in [0.3, 0.4) is 0 Å². The standard InChI is InChI=1S/C78H145N2O6P/c1-6-8-10-12-14-16-18-20-22-24-26-28-30-32-34-35-36-37-38-39-40-41-42-43-44-45-46-48-50-52-54-56-58-60-62-64-66-68-70-72-78(82)79-76(75-86-87(83,84)85-74-73-80(3,4)5)77(81)71-69-67-65-63-61-59-57-55-53-51-49-47-33-31-29-27-25-23-21-19-17-15-13-11-9-7-2/h8,10,14,16,20,22,26,28,32,34,36-37,69,71,76-77,81H,6-7,9,11-13,15,17-19,21,23-25,27,29-31,33,35,38-68,70,72-75H2,1-5H3,(H-,79,82,83,84)/p+1/b10-8-,16-14-,22-20-,28-26-,34-32-,37-36-,71-69+. The second-order valence-electron chi connectivity index (χ2n) is 26.6. The van der Waals surface area contributed by atoms with E-state index in [1.54, 1.807) is 6.08 Å². The van der Waals surface area contributed by atoms with E-state index in [-0.39, 0.29) is 19.1 Å². The number of nitrogens with zero attached hydrogens (tertiary/aromatic N) is 1. The van der Waals surface area contributed by atoms with Crippen LogP contribution in [0.5, 0.6) is 0 Å². The molecular formula is C78H146N2O6P+. The fraction of sp³-hybridized carbons (Fsp3) is 0.808. The van der Waals surface area contributed by atoms with Crippen molar-refractivity contribution in [2.24, 2.45) is 0 Å². The SMILES string of the molecule is CC/C=C\C/C=C\C/C=C\C/C=C\C/C=C\C/C=C\CCCCCCCCCCCCCCCCCCCCCCC(=O)NC(COP(=O)(O)OCC[N+](C)(C)C)C(O)/C=C/CCCCCCCCCCCCCCCCCCCCCCCCCC. The Morgan fingerprint density at radius 1 is 0.402 bits per heavy atom. The molecule has 0 fully saturated rings. The highest BCUT2D eigenvalue weighted by Gasteiger charge is 2.28. The zero-order chi connectivity index (χ0) is 63.4. The van der Waals surface area contributed by atoms with Gasteiger partial charge >= 0.3 is 7.82 Å². The Balaban J connectivity index is 3.99. The highest BCUT2D eigenvalue weighted by Crippen LogP contribution is 2.43. The molecule has 0 rings (SSSR count). The molecule has 0 aromatic rings. The number of aliphatic hydroxyl groups is 1. The Bertz CT molecular complexity index is 1700. The van der Waals surface area contributed by atoms with E-state index in [0.29, 0.717) is 17.4 Å². The summed E-state index contributed by atoms with van der Waals surface area (Å²) in [4.78, 5) is 23.5. The van der Waals surface area contributed by atoms with E-state index in [9.17, 15) is 19.4 Å². The molecule has 0 aliphatic carbocycles. The van der Waals surface area contributed by atoms with E-state index in [1.165, 1.54) is 257 Å². The van der Waals surface area contributed by atoms with Crippen molar-refractivity contribution in [3.63, 3.8) is 0 Å². The zero-order valence-corrected chi connectivity index (χ0v) is 59.2. The number of carbonyl (C=O) groups is 1. The Morgan fingerprint density at radius 2 is 0.690 bits per heavy atom. The molecule has 3 N–H and O–H groups in total. The number of carbonyl (C=O) groups excluding carboxylic acids is 1. The molecule has 0 saturated heterocycles. The second-order valence-corrected chi connectivity index (χ2v) is 28.1. The lowest BCUT2D eigenvalue weighted by molar-refractivity contribution is -0.870. The Hall–Kier alpha value is -2.32. The van der Waals surface area contributed by atoms with Gasteiger partial charge in [0.1, 0.15) is 13.2 Å². The third-order valence-electron chi connectivity index (χ3n) is 16.9. The summed E-state index contributed by atoms with van der Waals surface area (Å²) in [5, 5.41) is 14.0. The Labute approximate surface area is 541 Å². The number of quaternary nitrogens is 1. The Morgan fingerprint density at radius 3 is 1.01 bits per heavy atom. The van der Waals surface area contributed by atoms with Gasteiger partial charge in [-0.25, -0.2) is 4.57 Å². The molecule has 0 saturated carbocycles. The van der Waals surface area contributed by atoms with Crippen LogP contribution in [-0.4, -0.2) is 73.4 Å². The predicted octanol–water partition coefficient (Wildman–Crippen LogP) is 24.3. The summed E-state index contributed by atoms with van der Waals surface area (Å²) in [6, 6.07) is -0.850. The van der Waals surface area contributed by atoms with Crippen molar-refractivity contribution in [1.82, 2.24) is 5.32 Å². The number of amides is 1. The van der Waals surface area contributed by atoms with Gasteiger partial charge in [-0.2, -0.15) is 0 Å². The molecule has 0 aliphatic rings. The lowest BCUT2D eigenvalue weighted by Crippen LogP contribution is -2.45. The molecule has 0 aromatic carbocycles. The van der Waals surface area contributed by atoms with Crippen LogP contribution in [0, 0.1) is 0 Å². The normalized spacial score (nSPS) is 14.1. The van der Waals surface area contributed by atoms with Gasteiger partial charge < -0.3 is 19.8 Å². The first-order chi connectivity index (χ1) is 42.5. The molecule has 1 amide bonds. The summed E-state index contributed by atoms with van der Waals surface area (Å²) in [7, 11) is 1.58. The third-order valence-corrected chi connectivity index (χ3v) is 17.9. The summed E-state index contributed by atoms with van der Waals surface area (Å²) in [5.74, 6) is -0.172. The molecule has 3 atom stereocenters. The number of likely N-dealkylation sites (N-methyl/N-ethyl adjacent to an activating group) is 1. The van der Waals surface area contributed by atoms with Crippen LogP contribution >= 0.6 is 7.82 Å². The molecule has 0 aliphatic heterocycles. The zero-order valence-electron chi connectivity index (χ0n) is 58.3. The topological polar surface area (TPSA) is 105 Å². The number of aliphatic hydroxyl groups excluding tert-OH is 1. The summed E-state index contributed by atoms with van der Waals surface area (Å²) < 4.78 is 23.9. The summed E-state index contributed by atoms with van der Waals surface area (Å²) in [6.07, 6.45) is 97.5. The van der Waals surface area contributed by atoms with E-state index >= 15 is 0 Å². The van der Waals surface area contributed by atoms with Crippen molar-refractivity contribution >= 4 is 13.7 Å². The smallest absolute Gasteiger partial charge is 0.387 e. The average Bonchev–Trinajstić information content (AvgIpc) is 3.69. The first kappa shape index (κ1) is 84.7. The maximum Gasteiger partial charge on any atom is 0.472 e. The fourth-order valence-electron chi connectivity index (χ4n) is 11.1. The van der Waals surface area contributed by atoms with Crippen LogP contribution in [0.2, 0.25) is 0 Å². The summed E-state index contributed by atoms with van der Waals surface area (Å²) in [6.45, 7) is 4.75. The second kappa shape index (κ2) is 68.1. The van der Waals surface area contributed by atoms with Gasteiger partial charge in [-0.05, 0) is 70.6 Å². The van der Waals surface area contributed by atoms with Crippen molar-refractivity contribution in [2.45, 2.75) is 366 Å². The number of phosphoric acid groups is 1. The molecule has 87 heavy (non-hydrogen) atoms. The van der Waals surface area contributed by atoms with Crippen LogP contribution in [0.25, 0.3) is 0 Å². The number of hydrogen-bond donors (Lipinski definition) is 3. The minimum Gasteiger partial charge on any atom is -0.387 e. The number of hydrogen-bond acceptors (Lipinski definition) is 5. The number of allylic oxidation sites excluding steroid dienone is 13. The molecule has 3 unspecified atom stereocenters. The van der Waals surface area contributed by atoms with Crippen LogP contribution in [0.15, 0.2) is 85.1 Å². The van der Waals surface area contributed by atoms with Crippen LogP contribution < -0.4 is 5.32 Å². The van der Waals surface area contributed by atoms with Crippen molar-refractivity contribution < 1.29 is 32.9 Å². The molecule has 0 spiro atoms. The molecule has 0 bridgehead atoms. The fourth-order valence-corrected chi connectivity index (χ4v) is 11.8. The molecule has 0 aromatic heterocycles. The van der Waals surface area contributed by atoms with Crippen LogP contribution in [0.1, 0.15) is 354 Å². The number of unbranched alkanes of at least 4 members (excludes halogenated alkanes) is 44. The molecule has 0 heterocycles. The van der Waals surface area contributed by atoms with Gasteiger partial charge in [0, 0.05) is 6.42 Å². The van der Waals surface area contributed by atoms with E-state index in [0.717, 1.165) is 77.0 Å². The molecule has 0 radical (unpaired) electrons. The van der Waals surface area contributed by atoms with E-state index in [4.69, 9.17) is 9.05 Å². The van der Waals surface area contributed by atoms with Crippen LogP contribution in [-0.2, 0) is 18.4 Å². The Kier molecular flexibility index (Phi) is 66.2. The number of nitrogens with one attached hydrogen (secondary N) is 1. The first-order valence-corrected chi connectivity index (χ1v) is 39.0. The molecule has 8 nitrogen and oxygen atoms in total. The van der Waals surface area contributed by atoms with Crippen LogP contribution in [0.4, 0.5) is 0 Å². The molecule has 508 valence electrons. The first-order valence-electron chi connectivity index (χ1n) is 37.5.